The first-order valence-corrected chi connectivity index (χ1v) is 11.7. The van der Waals surface area contributed by atoms with Gasteiger partial charge in [0.05, 0.1) is 25.9 Å². The fourth-order valence-electron chi connectivity index (χ4n) is 3.93. The molecule has 0 spiro atoms. The fraction of sp³-hybridized carbons (Fsp3) is 0.241. The van der Waals surface area contributed by atoms with Crippen molar-refractivity contribution in [1.82, 2.24) is 5.32 Å². The summed E-state index contributed by atoms with van der Waals surface area (Å²) in [7, 11) is 1.34. The minimum atomic E-state index is -0.643. The minimum absolute atomic E-state index is 0.0183. The topological polar surface area (TPSA) is 94.1 Å². The molecule has 0 unspecified atom stereocenters. The van der Waals surface area contributed by atoms with Crippen molar-refractivity contribution in [3.05, 3.63) is 119 Å². The molecule has 1 aliphatic heterocycles. The maximum Gasteiger partial charge on any atom is 0.337 e. The van der Waals surface area contributed by atoms with Gasteiger partial charge in [0, 0.05) is 18.9 Å². The SMILES string of the molecule is COC(=O)c1ccc([C@H]2C=C(C(=O)NCc3ccccc3)O[C@@H](OCc3ccc(CO)cc3)C2)cc1. The number of ether oxygens (including phenoxy) is 3. The molecule has 2 atom stereocenters. The van der Waals surface area contributed by atoms with Gasteiger partial charge in [0.1, 0.15) is 0 Å². The molecule has 4 rings (SSSR count). The zero-order valence-corrected chi connectivity index (χ0v) is 20.1. The molecule has 0 saturated heterocycles. The van der Waals surface area contributed by atoms with Gasteiger partial charge >= 0.3 is 5.97 Å². The highest BCUT2D eigenvalue weighted by Crippen LogP contribution is 2.32. The number of esters is 1. The van der Waals surface area contributed by atoms with Crippen LogP contribution < -0.4 is 5.32 Å². The molecule has 0 aromatic heterocycles. The van der Waals surface area contributed by atoms with E-state index in [1.165, 1.54) is 7.11 Å². The van der Waals surface area contributed by atoms with Crippen LogP contribution in [0.4, 0.5) is 0 Å². The fourth-order valence-corrected chi connectivity index (χ4v) is 3.93. The molecule has 0 fully saturated rings. The van der Waals surface area contributed by atoms with Gasteiger partial charge in [0.2, 0.25) is 6.29 Å². The lowest BCUT2D eigenvalue weighted by atomic mass is 9.92. The van der Waals surface area contributed by atoms with Crippen molar-refractivity contribution in [1.29, 1.82) is 0 Å². The molecule has 0 saturated carbocycles. The van der Waals surface area contributed by atoms with Crippen LogP contribution >= 0.6 is 0 Å². The average Bonchev–Trinajstić information content (AvgIpc) is 2.95. The Labute approximate surface area is 210 Å². The zero-order chi connectivity index (χ0) is 25.3. The summed E-state index contributed by atoms with van der Waals surface area (Å²) < 4.78 is 16.8. The third-order valence-electron chi connectivity index (χ3n) is 5.98. The van der Waals surface area contributed by atoms with Crippen LogP contribution in [0.25, 0.3) is 0 Å². The van der Waals surface area contributed by atoms with E-state index in [0.29, 0.717) is 25.1 Å². The first-order valence-electron chi connectivity index (χ1n) is 11.7. The first kappa shape index (κ1) is 25.2. The van der Waals surface area contributed by atoms with Crippen molar-refractivity contribution in [3.8, 4) is 0 Å². The normalized spacial score (nSPS) is 17.0. The maximum absolute atomic E-state index is 13.0. The molecule has 1 heterocycles. The lowest BCUT2D eigenvalue weighted by Crippen LogP contribution is -2.32. The number of aliphatic hydroxyl groups is 1. The Morgan fingerprint density at radius 3 is 2.31 bits per heavy atom. The lowest BCUT2D eigenvalue weighted by molar-refractivity contribution is -0.150. The van der Waals surface area contributed by atoms with Gasteiger partial charge in [0.15, 0.2) is 5.76 Å². The number of hydrogen-bond acceptors (Lipinski definition) is 6. The zero-order valence-electron chi connectivity index (χ0n) is 20.1. The number of aliphatic hydroxyl groups excluding tert-OH is 1. The second-order valence-electron chi connectivity index (χ2n) is 8.49. The van der Waals surface area contributed by atoms with E-state index in [1.54, 1.807) is 18.2 Å². The number of carbonyl (C=O) groups excluding carboxylic acids is 2. The number of benzene rings is 3. The smallest absolute Gasteiger partial charge is 0.337 e. The molecule has 1 aliphatic rings. The highest BCUT2D eigenvalue weighted by atomic mass is 16.7. The van der Waals surface area contributed by atoms with Gasteiger partial charge in [-0.1, -0.05) is 66.7 Å². The van der Waals surface area contributed by atoms with E-state index in [-0.39, 0.29) is 24.2 Å². The number of carbonyl (C=O) groups is 2. The molecule has 7 heteroatoms. The van der Waals surface area contributed by atoms with Crippen LogP contribution in [0.5, 0.6) is 0 Å². The molecule has 2 N–H and O–H groups in total. The molecule has 36 heavy (non-hydrogen) atoms. The number of nitrogens with one attached hydrogen (secondary N) is 1. The predicted octanol–water partition coefficient (Wildman–Crippen LogP) is 4.21. The van der Waals surface area contributed by atoms with Gasteiger partial charge in [-0.3, -0.25) is 4.79 Å². The number of rotatable bonds is 9. The van der Waals surface area contributed by atoms with Crippen molar-refractivity contribution >= 4 is 11.9 Å². The summed E-state index contributed by atoms with van der Waals surface area (Å²) in [5, 5.41) is 12.1. The van der Waals surface area contributed by atoms with Crippen LogP contribution in [0.3, 0.4) is 0 Å². The van der Waals surface area contributed by atoms with Crippen LogP contribution in [-0.2, 0) is 38.8 Å². The van der Waals surface area contributed by atoms with Crippen molar-refractivity contribution in [2.24, 2.45) is 0 Å². The molecule has 0 bridgehead atoms. The van der Waals surface area contributed by atoms with E-state index in [1.807, 2.05) is 66.7 Å². The van der Waals surface area contributed by atoms with Crippen LogP contribution in [-0.4, -0.2) is 30.4 Å². The van der Waals surface area contributed by atoms with E-state index < -0.39 is 12.3 Å². The molecule has 7 nitrogen and oxygen atoms in total. The van der Waals surface area contributed by atoms with E-state index in [9.17, 15) is 14.7 Å². The number of methoxy groups -OCH3 is 1. The largest absolute Gasteiger partial charge is 0.465 e. The quantitative estimate of drug-likeness (QED) is 0.439. The van der Waals surface area contributed by atoms with Gasteiger partial charge in [0.25, 0.3) is 5.91 Å². The van der Waals surface area contributed by atoms with Crippen molar-refractivity contribution in [2.45, 2.75) is 38.4 Å². The Hall–Kier alpha value is -3.94. The summed E-state index contributed by atoms with van der Waals surface area (Å²) in [6.07, 6.45) is 1.65. The molecule has 3 aromatic rings. The lowest BCUT2D eigenvalue weighted by Gasteiger charge is -2.29. The molecule has 3 aromatic carbocycles. The molecule has 0 aliphatic carbocycles. The second-order valence-corrected chi connectivity index (χ2v) is 8.49. The summed E-state index contributed by atoms with van der Waals surface area (Å²) in [4.78, 5) is 24.8. The Morgan fingerprint density at radius 2 is 1.64 bits per heavy atom. The number of hydrogen-bond donors (Lipinski definition) is 2. The highest BCUT2D eigenvalue weighted by Gasteiger charge is 2.29. The van der Waals surface area contributed by atoms with E-state index in [2.05, 4.69) is 5.32 Å². The van der Waals surface area contributed by atoms with Crippen LogP contribution in [0.1, 0.15) is 45.0 Å². The minimum Gasteiger partial charge on any atom is -0.465 e. The Kier molecular flexibility index (Phi) is 8.49. The van der Waals surface area contributed by atoms with E-state index in [4.69, 9.17) is 14.2 Å². The predicted molar refractivity (Wildman–Crippen MR) is 134 cm³/mol. The highest BCUT2D eigenvalue weighted by molar-refractivity contribution is 5.91. The van der Waals surface area contributed by atoms with Crippen molar-refractivity contribution in [2.75, 3.05) is 7.11 Å². The van der Waals surface area contributed by atoms with Gasteiger partial charge in [-0.2, -0.15) is 0 Å². The summed E-state index contributed by atoms with van der Waals surface area (Å²) in [6.45, 7) is 0.653. The first-order chi connectivity index (χ1) is 17.6. The molecule has 1 amide bonds. The maximum atomic E-state index is 13.0. The van der Waals surface area contributed by atoms with Gasteiger partial charge in [-0.15, -0.1) is 0 Å². The molecule has 0 radical (unpaired) electrons. The van der Waals surface area contributed by atoms with E-state index >= 15 is 0 Å². The van der Waals surface area contributed by atoms with Crippen molar-refractivity contribution in [3.63, 3.8) is 0 Å². The number of allylic oxidation sites excluding steroid dienone is 1. The van der Waals surface area contributed by atoms with Crippen LogP contribution in [0.15, 0.2) is 90.7 Å². The standard InChI is InChI=1S/C29H29NO6/c1-34-29(33)24-13-11-23(12-14-24)25-15-26(28(32)30-17-20-5-3-2-4-6-20)36-27(16-25)35-19-22-9-7-21(18-31)8-10-22/h2-15,25,27,31H,16-19H2,1H3,(H,30,32)/t25-,27+/m0/s1. The van der Waals surface area contributed by atoms with Gasteiger partial charge < -0.3 is 24.6 Å². The molecule has 186 valence electrons. The van der Waals surface area contributed by atoms with Gasteiger partial charge in [-0.05, 0) is 40.5 Å². The summed E-state index contributed by atoms with van der Waals surface area (Å²) >= 11 is 0. The van der Waals surface area contributed by atoms with Crippen LogP contribution in [0.2, 0.25) is 0 Å². The third kappa shape index (κ3) is 6.59. The number of amides is 1. The average molecular weight is 488 g/mol. The van der Waals surface area contributed by atoms with E-state index in [0.717, 1.165) is 22.3 Å². The summed E-state index contributed by atoms with van der Waals surface area (Å²) in [5.41, 5.74) is 4.12. The summed E-state index contributed by atoms with van der Waals surface area (Å²) in [6, 6.07) is 24.2. The summed E-state index contributed by atoms with van der Waals surface area (Å²) in [5.74, 6) is -0.682. The van der Waals surface area contributed by atoms with Gasteiger partial charge in [-0.25, -0.2) is 4.79 Å². The Balaban J connectivity index is 1.49. The molecular weight excluding hydrogens is 458 g/mol. The Morgan fingerprint density at radius 1 is 0.944 bits per heavy atom. The monoisotopic (exact) mass is 487 g/mol. The van der Waals surface area contributed by atoms with Crippen molar-refractivity contribution < 1.29 is 28.9 Å². The second kappa shape index (κ2) is 12.2. The molecular formula is C29H29NO6. The third-order valence-corrected chi connectivity index (χ3v) is 5.98. The Bertz CT molecular complexity index is 1190. The van der Waals surface area contributed by atoms with Crippen LogP contribution in [0, 0.1) is 0 Å².